The molecule has 2 unspecified atom stereocenters. The van der Waals surface area contributed by atoms with Crippen LogP contribution in [0.25, 0.3) is 0 Å². The molecular weight excluding hydrogens is 253 g/mol. The summed E-state index contributed by atoms with van der Waals surface area (Å²) in [5.74, 6) is -0.142. The van der Waals surface area contributed by atoms with Crippen molar-refractivity contribution in [2.24, 2.45) is 0 Å². The lowest BCUT2D eigenvalue weighted by Gasteiger charge is -2.34. The minimum atomic E-state index is -0.142. The van der Waals surface area contributed by atoms with Gasteiger partial charge in [0.25, 0.3) is 0 Å². The molecule has 0 aliphatic heterocycles. The van der Waals surface area contributed by atoms with Crippen LogP contribution in [0, 0.1) is 5.82 Å². The Kier molecular flexibility index (Phi) is 6.43. The SMILES string of the molecule is CCN(c1c(F)cccc1C(C)NC)C(C)CN(C)C. The van der Waals surface area contributed by atoms with E-state index in [-0.39, 0.29) is 17.9 Å². The van der Waals surface area contributed by atoms with Crippen LogP contribution in [0.1, 0.15) is 32.4 Å². The van der Waals surface area contributed by atoms with Gasteiger partial charge >= 0.3 is 0 Å². The second-order valence-electron chi connectivity index (χ2n) is 5.59. The van der Waals surface area contributed by atoms with Crippen LogP contribution in [-0.2, 0) is 0 Å². The van der Waals surface area contributed by atoms with Gasteiger partial charge in [0.05, 0.1) is 5.69 Å². The van der Waals surface area contributed by atoms with Gasteiger partial charge in [-0.2, -0.15) is 0 Å². The third-order valence-corrected chi connectivity index (χ3v) is 3.71. The normalized spacial score (nSPS) is 14.4. The van der Waals surface area contributed by atoms with Gasteiger partial charge in [0.2, 0.25) is 0 Å². The van der Waals surface area contributed by atoms with Gasteiger partial charge in [-0.3, -0.25) is 0 Å². The third-order valence-electron chi connectivity index (χ3n) is 3.71. The van der Waals surface area contributed by atoms with Crippen LogP contribution >= 0.6 is 0 Å². The van der Waals surface area contributed by atoms with Crippen molar-refractivity contribution in [2.45, 2.75) is 32.9 Å². The van der Waals surface area contributed by atoms with E-state index in [1.54, 1.807) is 12.1 Å². The fraction of sp³-hybridized carbons (Fsp3) is 0.625. The van der Waals surface area contributed by atoms with E-state index in [4.69, 9.17) is 0 Å². The zero-order valence-corrected chi connectivity index (χ0v) is 13.6. The first-order valence-electron chi connectivity index (χ1n) is 7.29. The van der Waals surface area contributed by atoms with Gasteiger partial charge in [0, 0.05) is 25.2 Å². The summed E-state index contributed by atoms with van der Waals surface area (Å²) in [6.07, 6.45) is 0. The van der Waals surface area contributed by atoms with Crippen molar-refractivity contribution < 1.29 is 4.39 Å². The number of benzene rings is 1. The Morgan fingerprint density at radius 3 is 2.40 bits per heavy atom. The maximum absolute atomic E-state index is 14.4. The number of para-hydroxylation sites is 1. The molecule has 20 heavy (non-hydrogen) atoms. The highest BCUT2D eigenvalue weighted by Crippen LogP contribution is 2.30. The van der Waals surface area contributed by atoms with E-state index in [1.165, 1.54) is 0 Å². The second-order valence-corrected chi connectivity index (χ2v) is 5.59. The molecule has 1 aromatic carbocycles. The van der Waals surface area contributed by atoms with Crippen LogP contribution in [0.4, 0.5) is 10.1 Å². The van der Waals surface area contributed by atoms with Gasteiger partial charge in [0.1, 0.15) is 5.82 Å². The Balaban J connectivity index is 3.19. The maximum Gasteiger partial charge on any atom is 0.146 e. The zero-order valence-electron chi connectivity index (χ0n) is 13.6. The molecule has 0 bridgehead atoms. The summed E-state index contributed by atoms with van der Waals surface area (Å²) >= 11 is 0. The highest BCUT2D eigenvalue weighted by atomic mass is 19.1. The molecule has 0 fully saturated rings. The van der Waals surface area contributed by atoms with Crippen molar-refractivity contribution >= 4 is 5.69 Å². The van der Waals surface area contributed by atoms with E-state index in [0.29, 0.717) is 0 Å². The Bertz CT molecular complexity index is 420. The zero-order chi connectivity index (χ0) is 15.3. The Morgan fingerprint density at radius 1 is 1.25 bits per heavy atom. The lowest BCUT2D eigenvalue weighted by atomic mass is 10.0. The van der Waals surface area contributed by atoms with Gasteiger partial charge in [-0.25, -0.2) is 4.39 Å². The molecule has 1 rings (SSSR count). The van der Waals surface area contributed by atoms with Crippen LogP contribution in [0.5, 0.6) is 0 Å². The molecule has 1 aromatic rings. The van der Waals surface area contributed by atoms with E-state index in [2.05, 4.69) is 35.9 Å². The van der Waals surface area contributed by atoms with Gasteiger partial charge in [-0.05, 0) is 53.5 Å². The van der Waals surface area contributed by atoms with Crippen molar-refractivity contribution in [3.63, 3.8) is 0 Å². The number of anilines is 1. The van der Waals surface area contributed by atoms with E-state index in [1.807, 2.05) is 27.2 Å². The van der Waals surface area contributed by atoms with E-state index < -0.39 is 0 Å². The minimum Gasteiger partial charge on any atom is -0.365 e. The summed E-state index contributed by atoms with van der Waals surface area (Å²) in [7, 11) is 5.99. The van der Waals surface area contributed by atoms with Crippen LogP contribution in [-0.4, -0.2) is 45.2 Å². The smallest absolute Gasteiger partial charge is 0.146 e. The summed E-state index contributed by atoms with van der Waals surface area (Å²) in [5.41, 5.74) is 1.74. The lowest BCUT2D eigenvalue weighted by molar-refractivity contribution is 0.371. The van der Waals surface area contributed by atoms with Crippen molar-refractivity contribution in [3.8, 4) is 0 Å². The third kappa shape index (κ3) is 3.93. The molecular formula is C16H28FN3. The average Bonchev–Trinajstić information content (AvgIpc) is 2.39. The number of hydrogen-bond acceptors (Lipinski definition) is 3. The first-order valence-corrected chi connectivity index (χ1v) is 7.29. The summed E-state index contributed by atoms with van der Waals surface area (Å²) in [4.78, 5) is 4.29. The molecule has 0 aliphatic rings. The second kappa shape index (κ2) is 7.60. The van der Waals surface area contributed by atoms with Crippen molar-refractivity contribution in [3.05, 3.63) is 29.6 Å². The van der Waals surface area contributed by atoms with Crippen LogP contribution in [0.3, 0.4) is 0 Å². The van der Waals surface area contributed by atoms with Gasteiger partial charge < -0.3 is 15.1 Å². The maximum atomic E-state index is 14.4. The standard InChI is InChI=1S/C16H28FN3/c1-7-20(12(2)11-19(5)6)16-14(13(3)18-4)9-8-10-15(16)17/h8-10,12-13,18H,7,11H2,1-6H3. The van der Waals surface area contributed by atoms with Crippen molar-refractivity contribution in [1.82, 2.24) is 10.2 Å². The van der Waals surface area contributed by atoms with Crippen molar-refractivity contribution in [1.29, 1.82) is 0 Å². The Morgan fingerprint density at radius 2 is 1.90 bits per heavy atom. The predicted molar refractivity (Wildman–Crippen MR) is 84.9 cm³/mol. The first kappa shape index (κ1) is 16.9. The first-order chi connectivity index (χ1) is 9.42. The van der Waals surface area contributed by atoms with Crippen LogP contribution in [0.15, 0.2) is 18.2 Å². The van der Waals surface area contributed by atoms with Gasteiger partial charge in [-0.15, -0.1) is 0 Å². The highest BCUT2D eigenvalue weighted by Gasteiger charge is 2.22. The predicted octanol–water partition coefficient (Wildman–Crippen LogP) is 2.88. The summed E-state index contributed by atoms with van der Waals surface area (Å²) < 4.78 is 14.4. The summed E-state index contributed by atoms with van der Waals surface area (Å²) in [5, 5.41) is 3.20. The molecule has 0 amide bonds. The molecule has 1 N–H and O–H groups in total. The number of likely N-dealkylation sites (N-methyl/N-ethyl adjacent to an activating group) is 2. The Labute approximate surface area is 122 Å². The number of nitrogens with zero attached hydrogens (tertiary/aromatic N) is 2. The molecule has 2 atom stereocenters. The molecule has 0 saturated carbocycles. The molecule has 4 heteroatoms. The highest BCUT2D eigenvalue weighted by molar-refractivity contribution is 5.57. The fourth-order valence-corrected chi connectivity index (χ4v) is 2.66. The topological polar surface area (TPSA) is 18.5 Å². The molecule has 0 radical (unpaired) electrons. The number of halogens is 1. The number of hydrogen-bond donors (Lipinski definition) is 1. The van der Waals surface area contributed by atoms with Crippen LogP contribution < -0.4 is 10.2 Å². The van der Waals surface area contributed by atoms with E-state index in [9.17, 15) is 4.39 Å². The van der Waals surface area contributed by atoms with E-state index in [0.717, 1.165) is 24.3 Å². The largest absolute Gasteiger partial charge is 0.365 e. The van der Waals surface area contributed by atoms with Gasteiger partial charge in [-0.1, -0.05) is 12.1 Å². The lowest BCUT2D eigenvalue weighted by Crippen LogP contribution is -2.41. The average molecular weight is 281 g/mol. The molecule has 0 heterocycles. The molecule has 0 aliphatic carbocycles. The molecule has 0 saturated heterocycles. The van der Waals surface area contributed by atoms with Crippen molar-refractivity contribution in [2.75, 3.05) is 39.1 Å². The quantitative estimate of drug-likeness (QED) is 0.829. The number of nitrogens with one attached hydrogen (secondary N) is 1. The monoisotopic (exact) mass is 281 g/mol. The van der Waals surface area contributed by atoms with Crippen LogP contribution in [0.2, 0.25) is 0 Å². The molecule has 0 aromatic heterocycles. The summed E-state index contributed by atoms with van der Waals surface area (Å²) in [6.45, 7) is 7.97. The molecule has 114 valence electrons. The van der Waals surface area contributed by atoms with Gasteiger partial charge in [0.15, 0.2) is 0 Å². The Hall–Kier alpha value is -1.13. The molecule has 3 nitrogen and oxygen atoms in total. The minimum absolute atomic E-state index is 0.126. The summed E-state index contributed by atoms with van der Waals surface area (Å²) in [6, 6.07) is 5.72. The molecule has 0 spiro atoms. The fourth-order valence-electron chi connectivity index (χ4n) is 2.66. The number of rotatable bonds is 7. The van der Waals surface area contributed by atoms with E-state index >= 15 is 0 Å².